The van der Waals surface area contributed by atoms with Gasteiger partial charge in [0.2, 0.25) is 18.0 Å². The molecule has 0 atom stereocenters. The van der Waals surface area contributed by atoms with Crippen molar-refractivity contribution in [1.29, 1.82) is 0 Å². The zero-order valence-electron chi connectivity index (χ0n) is 6.87. The largest absolute Gasteiger partial charge is 0.362 e. The van der Waals surface area contributed by atoms with Gasteiger partial charge < -0.3 is 10.6 Å². The van der Waals surface area contributed by atoms with Gasteiger partial charge >= 0.3 is 0 Å². The van der Waals surface area contributed by atoms with E-state index in [1.165, 1.54) is 0 Å². The van der Waals surface area contributed by atoms with Crippen molar-refractivity contribution in [3.63, 3.8) is 0 Å². The van der Waals surface area contributed by atoms with Crippen molar-refractivity contribution in [2.24, 2.45) is 0 Å². The summed E-state index contributed by atoms with van der Waals surface area (Å²) in [4.78, 5) is 10.1. The molecule has 0 saturated heterocycles. The molecule has 6 nitrogen and oxygen atoms in total. The Morgan fingerprint density at radius 2 is 2.08 bits per heavy atom. The van der Waals surface area contributed by atoms with Gasteiger partial charge in [-0.05, 0) is 24.2 Å². The van der Waals surface area contributed by atoms with Gasteiger partial charge in [0.25, 0.3) is 0 Å². The lowest BCUT2D eigenvalue weighted by Crippen LogP contribution is -2.11. The van der Waals surface area contributed by atoms with Crippen LogP contribution in [0.5, 0.6) is 0 Å². The molecule has 1 aromatic heterocycles. The molecule has 0 aromatic carbocycles. The summed E-state index contributed by atoms with van der Waals surface area (Å²) in [6, 6.07) is 0.212. The molecule has 1 aromatic rings. The van der Waals surface area contributed by atoms with Crippen molar-refractivity contribution in [3.05, 3.63) is 0 Å². The van der Waals surface area contributed by atoms with Crippen LogP contribution in [-0.4, -0.2) is 22.8 Å². The molecular formula is C6H10N4O2. The van der Waals surface area contributed by atoms with Crippen molar-refractivity contribution in [1.82, 2.24) is 10.3 Å². The van der Waals surface area contributed by atoms with E-state index in [0.717, 1.165) is 0 Å². The van der Waals surface area contributed by atoms with Gasteiger partial charge in [-0.25, -0.2) is 4.63 Å². The number of carbonyl (C=O) groups excluding carboxylic acids is 1. The monoisotopic (exact) mass is 170 g/mol. The highest BCUT2D eigenvalue weighted by Gasteiger charge is 2.08. The number of nitrogens with one attached hydrogen (secondary N) is 2. The Bertz CT molecular complexity index is 258. The van der Waals surface area contributed by atoms with E-state index < -0.39 is 0 Å². The van der Waals surface area contributed by atoms with Crippen molar-refractivity contribution in [2.75, 3.05) is 10.6 Å². The van der Waals surface area contributed by atoms with Crippen LogP contribution in [0.2, 0.25) is 0 Å². The molecule has 0 unspecified atom stereocenters. The molecule has 0 spiro atoms. The van der Waals surface area contributed by atoms with Gasteiger partial charge in [0, 0.05) is 6.04 Å². The number of nitrogens with zero attached hydrogens (tertiary/aromatic N) is 2. The first kappa shape index (κ1) is 8.51. The van der Waals surface area contributed by atoms with Gasteiger partial charge in [-0.3, -0.25) is 4.79 Å². The van der Waals surface area contributed by atoms with Crippen molar-refractivity contribution < 1.29 is 9.42 Å². The fourth-order valence-electron chi connectivity index (χ4n) is 0.707. The predicted molar refractivity (Wildman–Crippen MR) is 42.7 cm³/mol. The minimum Gasteiger partial charge on any atom is -0.362 e. The number of rotatable bonds is 4. The molecule has 6 heteroatoms. The third kappa shape index (κ3) is 1.94. The summed E-state index contributed by atoms with van der Waals surface area (Å²) < 4.78 is 4.42. The zero-order valence-corrected chi connectivity index (χ0v) is 6.87. The first-order chi connectivity index (χ1) is 5.74. The van der Waals surface area contributed by atoms with Crippen LogP contribution < -0.4 is 10.6 Å². The van der Waals surface area contributed by atoms with E-state index in [1.807, 2.05) is 13.8 Å². The maximum Gasteiger partial charge on any atom is 0.221 e. The zero-order chi connectivity index (χ0) is 8.97. The average molecular weight is 170 g/mol. The molecule has 12 heavy (non-hydrogen) atoms. The van der Waals surface area contributed by atoms with Crippen LogP contribution >= 0.6 is 0 Å². The second-order valence-electron chi connectivity index (χ2n) is 2.52. The normalized spacial score (nSPS) is 9.92. The highest BCUT2D eigenvalue weighted by atomic mass is 16.6. The van der Waals surface area contributed by atoms with E-state index in [-0.39, 0.29) is 6.04 Å². The number of aromatic nitrogens is 2. The summed E-state index contributed by atoms with van der Waals surface area (Å²) in [6.45, 7) is 3.89. The molecule has 0 bridgehead atoms. The highest BCUT2D eigenvalue weighted by molar-refractivity contribution is 5.75. The Hall–Kier alpha value is -1.59. The first-order valence-electron chi connectivity index (χ1n) is 3.53. The molecule has 66 valence electrons. The Labute approximate surface area is 69.3 Å². The van der Waals surface area contributed by atoms with Crippen molar-refractivity contribution >= 4 is 18.0 Å². The molecular weight excluding hydrogens is 160 g/mol. The van der Waals surface area contributed by atoms with Gasteiger partial charge in [-0.2, -0.15) is 0 Å². The lowest BCUT2D eigenvalue weighted by Gasteiger charge is -2.05. The molecule has 0 radical (unpaired) electrons. The Balaban J connectivity index is 2.69. The summed E-state index contributed by atoms with van der Waals surface area (Å²) >= 11 is 0. The van der Waals surface area contributed by atoms with E-state index in [4.69, 9.17) is 0 Å². The Morgan fingerprint density at radius 3 is 2.67 bits per heavy atom. The topological polar surface area (TPSA) is 80.1 Å². The fraction of sp³-hybridized carbons (Fsp3) is 0.500. The fourth-order valence-corrected chi connectivity index (χ4v) is 0.707. The van der Waals surface area contributed by atoms with Gasteiger partial charge in [0.15, 0.2) is 0 Å². The molecule has 0 aliphatic heterocycles. The maximum atomic E-state index is 10.1. The van der Waals surface area contributed by atoms with Gasteiger partial charge in [-0.1, -0.05) is 0 Å². The van der Waals surface area contributed by atoms with E-state index in [9.17, 15) is 4.79 Å². The van der Waals surface area contributed by atoms with E-state index >= 15 is 0 Å². The van der Waals surface area contributed by atoms with Gasteiger partial charge in [0.05, 0.1) is 0 Å². The summed E-state index contributed by atoms with van der Waals surface area (Å²) in [5, 5.41) is 12.3. The number of anilines is 2. The highest BCUT2D eigenvalue weighted by Crippen LogP contribution is 2.14. The van der Waals surface area contributed by atoms with Crippen molar-refractivity contribution in [2.45, 2.75) is 19.9 Å². The lowest BCUT2D eigenvalue weighted by atomic mass is 10.4. The summed E-state index contributed by atoms with van der Waals surface area (Å²) in [5.74, 6) is 0.746. The summed E-state index contributed by atoms with van der Waals surface area (Å²) in [6.07, 6.45) is 0.519. The van der Waals surface area contributed by atoms with E-state index in [2.05, 4.69) is 25.6 Å². The minimum atomic E-state index is 0.212. The molecule has 1 rings (SSSR count). The number of amides is 1. The van der Waals surface area contributed by atoms with E-state index in [0.29, 0.717) is 18.0 Å². The minimum absolute atomic E-state index is 0.212. The van der Waals surface area contributed by atoms with Crippen LogP contribution in [0.25, 0.3) is 0 Å². The van der Waals surface area contributed by atoms with Crippen LogP contribution in [0.15, 0.2) is 4.63 Å². The summed E-state index contributed by atoms with van der Waals surface area (Å²) in [7, 11) is 0. The third-order valence-corrected chi connectivity index (χ3v) is 1.11. The number of hydrogen-bond acceptors (Lipinski definition) is 5. The Morgan fingerprint density at radius 1 is 1.42 bits per heavy atom. The summed E-state index contributed by atoms with van der Waals surface area (Å²) in [5.41, 5.74) is 0. The van der Waals surface area contributed by atoms with Gasteiger partial charge in [0.1, 0.15) is 0 Å². The van der Waals surface area contributed by atoms with Crippen LogP contribution in [0.1, 0.15) is 13.8 Å². The molecule has 1 amide bonds. The SMILES string of the molecule is CC(C)Nc1nonc1NC=O. The molecule has 0 aliphatic rings. The second kappa shape index (κ2) is 3.70. The first-order valence-corrected chi connectivity index (χ1v) is 3.53. The maximum absolute atomic E-state index is 10.1. The predicted octanol–water partition coefficient (Wildman–Crippen LogP) is 0.458. The lowest BCUT2D eigenvalue weighted by molar-refractivity contribution is -0.105. The van der Waals surface area contributed by atoms with Crippen molar-refractivity contribution in [3.8, 4) is 0 Å². The molecule has 0 saturated carbocycles. The molecule has 1 heterocycles. The number of hydrogen-bond donors (Lipinski definition) is 2. The smallest absolute Gasteiger partial charge is 0.221 e. The molecule has 0 aliphatic carbocycles. The Kier molecular flexibility index (Phi) is 2.62. The average Bonchev–Trinajstić information content (AvgIpc) is 2.37. The van der Waals surface area contributed by atoms with Crippen LogP contribution in [0.4, 0.5) is 11.6 Å². The third-order valence-electron chi connectivity index (χ3n) is 1.11. The molecule has 0 fully saturated rings. The van der Waals surface area contributed by atoms with Crippen LogP contribution in [-0.2, 0) is 4.79 Å². The van der Waals surface area contributed by atoms with Crippen LogP contribution in [0.3, 0.4) is 0 Å². The number of carbonyl (C=O) groups is 1. The second-order valence-corrected chi connectivity index (χ2v) is 2.52. The van der Waals surface area contributed by atoms with Gasteiger partial charge in [-0.15, -0.1) is 0 Å². The quantitative estimate of drug-likeness (QED) is 0.641. The molecule has 2 N–H and O–H groups in total. The standard InChI is InChI=1S/C6H10N4O2/c1-4(2)8-6-5(7-3-11)9-12-10-6/h3-4H,1-2H3,(H,8,10)(H,7,9,11). The van der Waals surface area contributed by atoms with Crippen LogP contribution in [0, 0.1) is 0 Å². The van der Waals surface area contributed by atoms with E-state index in [1.54, 1.807) is 0 Å².